The first-order valence-corrected chi connectivity index (χ1v) is 5.45. The molecule has 2 rings (SSSR count). The van der Waals surface area contributed by atoms with Crippen molar-refractivity contribution in [1.82, 2.24) is 4.98 Å². The zero-order chi connectivity index (χ0) is 14.2. The van der Waals surface area contributed by atoms with E-state index in [0.29, 0.717) is 5.56 Å². The third-order valence-corrected chi connectivity index (χ3v) is 2.83. The number of anilines is 1. The molecule has 0 fully saturated rings. The highest BCUT2D eigenvalue weighted by Gasteiger charge is 2.20. The van der Waals surface area contributed by atoms with E-state index in [1.807, 2.05) is 0 Å². The van der Waals surface area contributed by atoms with E-state index in [4.69, 9.17) is 5.73 Å². The molecular formula is C13H11F3N2O. The van der Waals surface area contributed by atoms with Crippen molar-refractivity contribution in [2.24, 2.45) is 0 Å². The summed E-state index contributed by atoms with van der Waals surface area (Å²) in [7, 11) is 0. The van der Waals surface area contributed by atoms with Crippen LogP contribution in [0.2, 0.25) is 0 Å². The zero-order valence-corrected chi connectivity index (χ0v) is 9.99. The Kier molecular flexibility index (Phi) is 3.44. The summed E-state index contributed by atoms with van der Waals surface area (Å²) >= 11 is 0. The van der Waals surface area contributed by atoms with Gasteiger partial charge in [0.15, 0.2) is 17.5 Å². The number of nitrogens with zero attached hydrogens (tertiary/aromatic N) is 1. The topological polar surface area (TPSA) is 59.1 Å². The average Bonchev–Trinajstić information content (AvgIpc) is 2.35. The van der Waals surface area contributed by atoms with E-state index in [9.17, 15) is 18.3 Å². The molecule has 0 aliphatic carbocycles. The molecule has 2 aromatic rings. The number of pyridine rings is 1. The van der Waals surface area contributed by atoms with Crippen LogP contribution in [0.5, 0.6) is 0 Å². The van der Waals surface area contributed by atoms with Crippen LogP contribution in [-0.2, 0) is 0 Å². The number of rotatable bonds is 2. The van der Waals surface area contributed by atoms with Gasteiger partial charge in [0.25, 0.3) is 0 Å². The number of aliphatic hydroxyl groups is 1. The Balaban J connectivity index is 2.53. The number of nitrogen functional groups attached to an aromatic ring is 1. The summed E-state index contributed by atoms with van der Waals surface area (Å²) in [5.41, 5.74) is 6.37. The van der Waals surface area contributed by atoms with Crippen LogP contribution in [0.4, 0.5) is 19.0 Å². The van der Waals surface area contributed by atoms with Gasteiger partial charge >= 0.3 is 0 Å². The fourth-order valence-electron chi connectivity index (χ4n) is 1.85. The first-order valence-electron chi connectivity index (χ1n) is 5.45. The summed E-state index contributed by atoms with van der Waals surface area (Å²) in [6.07, 6.45) is 0.0745. The molecule has 100 valence electrons. The van der Waals surface area contributed by atoms with Gasteiger partial charge in [0.1, 0.15) is 11.9 Å². The number of hydrogen-bond donors (Lipinski definition) is 2. The van der Waals surface area contributed by atoms with Gasteiger partial charge < -0.3 is 10.8 Å². The molecule has 1 atom stereocenters. The first-order chi connectivity index (χ1) is 8.91. The van der Waals surface area contributed by atoms with Gasteiger partial charge in [-0.1, -0.05) is 0 Å². The van der Waals surface area contributed by atoms with Crippen molar-refractivity contribution in [1.29, 1.82) is 0 Å². The predicted molar refractivity (Wildman–Crippen MR) is 63.8 cm³/mol. The van der Waals surface area contributed by atoms with E-state index in [1.165, 1.54) is 6.20 Å². The molecule has 1 aromatic heterocycles. The van der Waals surface area contributed by atoms with Gasteiger partial charge in [0.2, 0.25) is 0 Å². The molecule has 0 aliphatic heterocycles. The predicted octanol–water partition coefficient (Wildman–Crippen LogP) is 2.47. The Labute approximate surface area is 107 Å². The first kappa shape index (κ1) is 13.4. The number of aromatic nitrogens is 1. The van der Waals surface area contributed by atoms with Crippen molar-refractivity contribution < 1.29 is 18.3 Å². The van der Waals surface area contributed by atoms with Gasteiger partial charge in [-0.05, 0) is 36.2 Å². The molecule has 0 bridgehead atoms. The second-order valence-corrected chi connectivity index (χ2v) is 4.13. The highest BCUT2D eigenvalue weighted by atomic mass is 19.2. The largest absolute Gasteiger partial charge is 0.384 e. The van der Waals surface area contributed by atoms with Crippen LogP contribution >= 0.6 is 0 Å². The van der Waals surface area contributed by atoms with Crippen molar-refractivity contribution in [2.75, 3.05) is 5.73 Å². The SMILES string of the molecule is Cc1ccnc(N)c1C(O)c1cc(F)c(F)c(F)c1. The molecule has 1 unspecified atom stereocenters. The van der Waals surface area contributed by atoms with Gasteiger partial charge in [0, 0.05) is 11.8 Å². The Morgan fingerprint density at radius 2 is 1.79 bits per heavy atom. The van der Waals surface area contributed by atoms with Gasteiger partial charge in [-0.3, -0.25) is 0 Å². The number of hydrogen-bond acceptors (Lipinski definition) is 3. The lowest BCUT2D eigenvalue weighted by Crippen LogP contribution is -2.09. The van der Waals surface area contributed by atoms with E-state index >= 15 is 0 Å². The van der Waals surface area contributed by atoms with E-state index in [1.54, 1.807) is 13.0 Å². The van der Waals surface area contributed by atoms with Crippen molar-refractivity contribution in [3.05, 3.63) is 58.5 Å². The monoisotopic (exact) mass is 268 g/mol. The summed E-state index contributed by atoms with van der Waals surface area (Å²) in [6, 6.07) is 3.06. The minimum absolute atomic E-state index is 0.0534. The molecule has 0 saturated carbocycles. The van der Waals surface area contributed by atoms with E-state index in [2.05, 4.69) is 4.98 Å². The quantitative estimate of drug-likeness (QED) is 0.822. The maximum absolute atomic E-state index is 13.1. The second-order valence-electron chi connectivity index (χ2n) is 4.13. The molecule has 6 heteroatoms. The maximum Gasteiger partial charge on any atom is 0.194 e. The molecule has 0 saturated heterocycles. The van der Waals surface area contributed by atoms with Crippen LogP contribution in [0.1, 0.15) is 22.8 Å². The van der Waals surface area contributed by atoms with Crippen molar-refractivity contribution in [2.45, 2.75) is 13.0 Å². The molecule has 1 heterocycles. The van der Waals surface area contributed by atoms with Gasteiger partial charge in [-0.2, -0.15) is 0 Å². The highest BCUT2D eigenvalue weighted by molar-refractivity contribution is 5.48. The number of halogens is 3. The summed E-state index contributed by atoms with van der Waals surface area (Å²) in [5, 5.41) is 10.1. The van der Waals surface area contributed by atoms with Gasteiger partial charge in [-0.25, -0.2) is 18.2 Å². The van der Waals surface area contributed by atoms with Crippen LogP contribution < -0.4 is 5.73 Å². The van der Waals surface area contributed by atoms with E-state index in [-0.39, 0.29) is 16.9 Å². The van der Waals surface area contributed by atoms with Crippen molar-refractivity contribution in [3.63, 3.8) is 0 Å². The Bertz CT molecular complexity index is 588. The van der Waals surface area contributed by atoms with Crippen molar-refractivity contribution >= 4 is 5.82 Å². The number of benzene rings is 1. The number of aryl methyl sites for hydroxylation is 1. The van der Waals surface area contributed by atoms with Gasteiger partial charge in [0.05, 0.1) is 0 Å². The number of aliphatic hydroxyl groups excluding tert-OH is 1. The van der Waals surface area contributed by atoms with Crippen LogP contribution in [0.3, 0.4) is 0 Å². The lowest BCUT2D eigenvalue weighted by molar-refractivity contribution is 0.218. The standard InChI is InChI=1S/C13H11F3N2O/c1-6-2-3-18-13(17)10(6)12(19)7-4-8(14)11(16)9(15)5-7/h2-5,12,19H,1H3,(H2,17,18). The minimum atomic E-state index is -1.58. The minimum Gasteiger partial charge on any atom is -0.384 e. The van der Waals surface area contributed by atoms with Crippen LogP contribution in [0.15, 0.2) is 24.4 Å². The lowest BCUT2D eigenvalue weighted by Gasteiger charge is -2.16. The molecule has 19 heavy (non-hydrogen) atoms. The third-order valence-electron chi connectivity index (χ3n) is 2.83. The lowest BCUT2D eigenvalue weighted by atomic mass is 9.98. The number of nitrogens with two attached hydrogens (primary N) is 1. The molecular weight excluding hydrogens is 257 g/mol. The van der Waals surface area contributed by atoms with Crippen LogP contribution in [0.25, 0.3) is 0 Å². The molecule has 1 aromatic carbocycles. The maximum atomic E-state index is 13.1. The molecule has 0 aliphatic rings. The summed E-state index contributed by atoms with van der Waals surface area (Å²) in [4.78, 5) is 3.81. The molecule has 0 spiro atoms. The second kappa shape index (κ2) is 4.89. The van der Waals surface area contributed by atoms with E-state index in [0.717, 1.165) is 12.1 Å². The van der Waals surface area contributed by atoms with E-state index < -0.39 is 23.6 Å². The molecule has 3 nitrogen and oxygen atoms in total. The van der Waals surface area contributed by atoms with Gasteiger partial charge in [-0.15, -0.1) is 0 Å². The highest BCUT2D eigenvalue weighted by Crippen LogP contribution is 2.29. The normalized spacial score (nSPS) is 12.5. The van der Waals surface area contributed by atoms with Crippen LogP contribution in [-0.4, -0.2) is 10.1 Å². The molecule has 0 amide bonds. The summed E-state index contributed by atoms with van der Waals surface area (Å²) in [6.45, 7) is 1.67. The Morgan fingerprint density at radius 1 is 1.21 bits per heavy atom. The molecule has 3 N–H and O–H groups in total. The smallest absolute Gasteiger partial charge is 0.194 e. The van der Waals surface area contributed by atoms with Crippen molar-refractivity contribution in [3.8, 4) is 0 Å². The fourth-order valence-corrected chi connectivity index (χ4v) is 1.85. The van der Waals surface area contributed by atoms with Crippen LogP contribution in [0, 0.1) is 24.4 Å². The summed E-state index contributed by atoms with van der Waals surface area (Å²) < 4.78 is 39.2. The Hall–Kier alpha value is -2.08. The Morgan fingerprint density at radius 3 is 2.32 bits per heavy atom. The third kappa shape index (κ3) is 2.39. The molecule has 0 radical (unpaired) electrons. The average molecular weight is 268 g/mol. The fraction of sp³-hybridized carbons (Fsp3) is 0.154. The summed E-state index contributed by atoms with van der Waals surface area (Å²) in [5.74, 6) is -4.26. The zero-order valence-electron chi connectivity index (χ0n) is 9.99.